The van der Waals surface area contributed by atoms with Gasteiger partial charge in [0, 0.05) is 6.54 Å². The molecule has 144 valence electrons. The van der Waals surface area contributed by atoms with E-state index in [1.54, 1.807) is 6.92 Å². The maximum atomic E-state index is 12.3. The molecule has 26 heavy (non-hydrogen) atoms. The van der Waals surface area contributed by atoms with Gasteiger partial charge in [-0.15, -0.1) is 0 Å². The number of ether oxygens (including phenoxy) is 3. The first-order valence-electron chi connectivity index (χ1n) is 8.03. The molecule has 1 aromatic carbocycles. The fraction of sp³-hybridized carbons (Fsp3) is 0.471. The lowest BCUT2D eigenvalue weighted by molar-refractivity contribution is -0.127. The van der Waals surface area contributed by atoms with Gasteiger partial charge in [0.05, 0.1) is 23.8 Å². The highest BCUT2D eigenvalue weighted by atomic mass is 35.5. The van der Waals surface area contributed by atoms with Gasteiger partial charge in [0.2, 0.25) is 0 Å². The molecule has 0 fully saturated rings. The van der Waals surface area contributed by atoms with Crippen LogP contribution in [0.15, 0.2) is 12.1 Å². The van der Waals surface area contributed by atoms with Crippen LogP contribution in [0.2, 0.25) is 5.02 Å². The third-order valence-corrected chi connectivity index (χ3v) is 3.33. The van der Waals surface area contributed by atoms with Gasteiger partial charge in [0.1, 0.15) is 0 Å². The minimum atomic E-state index is -1.18. The fourth-order valence-corrected chi connectivity index (χ4v) is 2.14. The van der Waals surface area contributed by atoms with Crippen LogP contribution in [-0.4, -0.2) is 43.8 Å². The van der Waals surface area contributed by atoms with Crippen LogP contribution in [0.5, 0.6) is 11.5 Å². The highest BCUT2D eigenvalue weighted by Crippen LogP contribution is 2.37. The summed E-state index contributed by atoms with van der Waals surface area (Å²) in [5.74, 6) is -0.970. The third-order valence-electron chi connectivity index (χ3n) is 3.05. The van der Waals surface area contributed by atoms with E-state index in [1.807, 2.05) is 13.8 Å². The van der Waals surface area contributed by atoms with Crippen LogP contribution in [0.1, 0.15) is 38.1 Å². The Hall–Kier alpha value is -2.48. The summed E-state index contributed by atoms with van der Waals surface area (Å²) in [7, 11) is 1.41. The van der Waals surface area contributed by atoms with E-state index in [1.165, 1.54) is 26.2 Å². The van der Waals surface area contributed by atoms with E-state index in [9.17, 15) is 14.4 Å². The molecule has 2 N–H and O–H groups in total. The number of benzene rings is 1. The second kappa shape index (κ2) is 9.86. The summed E-state index contributed by atoms with van der Waals surface area (Å²) in [5.41, 5.74) is 0.0839. The van der Waals surface area contributed by atoms with Crippen LogP contribution < -0.4 is 20.1 Å². The summed E-state index contributed by atoms with van der Waals surface area (Å²) in [6.45, 7) is 7.06. The average Bonchev–Trinajstić information content (AvgIpc) is 2.55. The summed E-state index contributed by atoms with van der Waals surface area (Å²) in [6, 6.07) is 2.10. The highest BCUT2D eigenvalue weighted by Gasteiger charge is 2.23. The van der Waals surface area contributed by atoms with Crippen LogP contribution in [-0.2, 0) is 9.53 Å². The molecule has 1 rings (SSSR count). The van der Waals surface area contributed by atoms with E-state index in [-0.39, 0.29) is 22.4 Å². The predicted octanol–water partition coefficient (Wildman–Crippen LogP) is 2.53. The number of urea groups is 1. The van der Waals surface area contributed by atoms with Crippen LogP contribution in [0, 0.1) is 0 Å². The lowest BCUT2D eigenvalue weighted by Crippen LogP contribution is -2.44. The number of esters is 1. The second-order valence-electron chi connectivity index (χ2n) is 5.55. The molecule has 0 bridgehead atoms. The van der Waals surface area contributed by atoms with E-state index >= 15 is 0 Å². The number of carbonyl (C=O) groups excluding carboxylic acids is 3. The van der Waals surface area contributed by atoms with Gasteiger partial charge in [-0.2, -0.15) is 0 Å². The van der Waals surface area contributed by atoms with Gasteiger partial charge in [-0.25, -0.2) is 9.59 Å². The van der Waals surface area contributed by atoms with Gasteiger partial charge < -0.3 is 19.5 Å². The number of hydrogen-bond donors (Lipinski definition) is 2. The molecule has 1 atom stereocenters. The summed E-state index contributed by atoms with van der Waals surface area (Å²) >= 11 is 6.16. The van der Waals surface area contributed by atoms with Crippen molar-refractivity contribution < 1.29 is 28.6 Å². The first-order chi connectivity index (χ1) is 12.2. The average molecular weight is 387 g/mol. The molecule has 1 unspecified atom stereocenters. The molecule has 8 nitrogen and oxygen atoms in total. The number of halogens is 1. The van der Waals surface area contributed by atoms with E-state index in [0.29, 0.717) is 12.3 Å². The van der Waals surface area contributed by atoms with E-state index in [4.69, 9.17) is 25.8 Å². The zero-order valence-corrected chi connectivity index (χ0v) is 16.1. The maximum Gasteiger partial charge on any atom is 0.339 e. The number of nitrogens with one attached hydrogen (secondary N) is 2. The van der Waals surface area contributed by atoms with Crippen molar-refractivity contribution >= 4 is 29.5 Å². The fourth-order valence-electron chi connectivity index (χ4n) is 1.89. The molecular formula is C17H23ClN2O6. The van der Waals surface area contributed by atoms with Crippen molar-refractivity contribution in [3.63, 3.8) is 0 Å². The molecule has 0 aliphatic rings. The zero-order valence-electron chi connectivity index (χ0n) is 15.3. The number of rotatable bonds is 7. The lowest BCUT2D eigenvalue weighted by atomic mass is 10.2. The van der Waals surface area contributed by atoms with Crippen molar-refractivity contribution in [3.8, 4) is 11.5 Å². The molecule has 3 amide bonds. The Morgan fingerprint density at radius 2 is 1.85 bits per heavy atom. The Labute approximate surface area is 157 Å². The van der Waals surface area contributed by atoms with Crippen molar-refractivity contribution in [2.75, 3.05) is 13.7 Å². The molecule has 9 heteroatoms. The molecule has 0 aliphatic carbocycles. The summed E-state index contributed by atoms with van der Waals surface area (Å²) < 4.78 is 15.8. The molecule has 0 radical (unpaired) electrons. The quantitative estimate of drug-likeness (QED) is 0.698. The van der Waals surface area contributed by atoms with E-state index < -0.39 is 24.0 Å². The number of carbonyl (C=O) groups is 3. The first-order valence-corrected chi connectivity index (χ1v) is 8.41. The topological polar surface area (TPSA) is 103 Å². The molecule has 0 aromatic heterocycles. The number of methoxy groups -OCH3 is 1. The van der Waals surface area contributed by atoms with Gasteiger partial charge in [0.25, 0.3) is 5.91 Å². The molecule has 0 heterocycles. The molecule has 0 aliphatic heterocycles. The Balaban J connectivity index is 2.88. The first kappa shape index (κ1) is 21.6. The molecule has 0 spiro atoms. The minimum absolute atomic E-state index is 0.0839. The lowest BCUT2D eigenvalue weighted by Gasteiger charge is -2.17. The van der Waals surface area contributed by atoms with Crippen molar-refractivity contribution in [2.45, 2.75) is 39.9 Å². The van der Waals surface area contributed by atoms with Gasteiger partial charge in [-0.1, -0.05) is 11.6 Å². The number of amides is 3. The van der Waals surface area contributed by atoms with Gasteiger partial charge in [0.15, 0.2) is 17.6 Å². The second-order valence-corrected chi connectivity index (χ2v) is 5.96. The summed E-state index contributed by atoms with van der Waals surface area (Å²) in [4.78, 5) is 35.4. The predicted molar refractivity (Wildman–Crippen MR) is 95.9 cm³/mol. The minimum Gasteiger partial charge on any atom is -0.493 e. The standard InChI is InChI=1S/C17H23ClN2O6/c1-6-19-17(23)20-15(21)10(4)26-16(22)11-7-12(18)14(25-9(2)3)13(8-11)24-5/h7-10H,6H2,1-5H3,(H2,19,20,21,23). The molecule has 0 saturated heterocycles. The Morgan fingerprint density at radius 1 is 1.19 bits per heavy atom. The van der Waals surface area contributed by atoms with Crippen molar-refractivity contribution in [1.29, 1.82) is 0 Å². The Kier molecular flexibility index (Phi) is 8.18. The largest absolute Gasteiger partial charge is 0.493 e. The third kappa shape index (κ3) is 6.11. The van der Waals surface area contributed by atoms with Gasteiger partial charge >= 0.3 is 12.0 Å². The van der Waals surface area contributed by atoms with Gasteiger partial charge in [-0.3, -0.25) is 10.1 Å². The summed E-state index contributed by atoms with van der Waals surface area (Å²) in [6.07, 6.45) is -1.32. The van der Waals surface area contributed by atoms with Crippen molar-refractivity contribution in [2.24, 2.45) is 0 Å². The van der Waals surface area contributed by atoms with Crippen molar-refractivity contribution in [3.05, 3.63) is 22.7 Å². The van der Waals surface area contributed by atoms with Crippen LogP contribution in [0.4, 0.5) is 4.79 Å². The molecule has 0 saturated carbocycles. The SMILES string of the molecule is CCNC(=O)NC(=O)C(C)OC(=O)c1cc(Cl)c(OC(C)C)c(OC)c1. The Bertz CT molecular complexity index is 677. The van der Waals surface area contributed by atoms with Crippen molar-refractivity contribution in [1.82, 2.24) is 10.6 Å². The Morgan fingerprint density at radius 3 is 2.38 bits per heavy atom. The van der Waals surface area contributed by atoms with Crippen LogP contribution in [0.25, 0.3) is 0 Å². The van der Waals surface area contributed by atoms with Crippen LogP contribution in [0.3, 0.4) is 0 Å². The number of hydrogen-bond acceptors (Lipinski definition) is 6. The van der Waals surface area contributed by atoms with E-state index in [0.717, 1.165) is 0 Å². The van der Waals surface area contributed by atoms with Gasteiger partial charge in [-0.05, 0) is 39.8 Å². The van der Waals surface area contributed by atoms with E-state index in [2.05, 4.69) is 10.6 Å². The highest BCUT2D eigenvalue weighted by molar-refractivity contribution is 6.32. The summed E-state index contributed by atoms with van der Waals surface area (Å²) in [5, 5.41) is 4.64. The smallest absolute Gasteiger partial charge is 0.339 e. The normalized spacial score (nSPS) is 11.5. The maximum absolute atomic E-state index is 12.3. The van der Waals surface area contributed by atoms with Crippen LogP contribution >= 0.6 is 11.6 Å². The zero-order chi connectivity index (χ0) is 19.9. The number of imide groups is 1. The molecule has 1 aromatic rings. The monoisotopic (exact) mass is 386 g/mol. The molecular weight excluding hydrogens is 364 g/mol.